The van der Waals surface area contributed by atoms with Crippen LogP contribution in [0, 0.1) is 11.8 Å². The fraction of sp³-hybridized carbons (Fsp3) is 0.200. The molecule has 0 aliphatic rings. The molecular formula is C10H8Cl2N2O. The molecule has 1 aromatic heterocycles. The number of hydrogen-bond donors (Lipinski definition) is 1. The van der Waals surface area contributed by atoms with Crippen LogP contribution in [0.4, 0.5) is 0 Å². The molecule has 0 bridgehead atoms. The van der Waals surface area contributed by atoms with Crippen molar-refractivity contribution in [3.8, 4) is 11.8 Å². The quantitative estimate of drug-likeness (QED) is 0.604. The number of pyridine rings is 1. The van der Waals surface area contributed by atoms with E-state index < -0.39 is 0 Å². The molecule has 1 heterocycles. The maximum absolute atomic E-state index is 10.5. The third kappa shape index (κ3) is 4.68. The first-order valence-corrected chi connectivity index (χ1v) is 4.90. The fourth-order valence-corrected chi connectivity index (χ4v) is 1.31. The van der Waals surface area contributed by atoms with Crippen LogP contribution in [0.25, 0.3) is 0 Å². The predicted octanol–water partition coefficient (Wildman–Crippen LogP) is 1.88. The molecule has 0 radical (unpaired) electrons. The van der Waals surface area contributed by atoms with Crippen LogP contribution in [0.1, 0.15) is 12.5 Å². The number of amides is 1. The SMILES string of the molecule is CC(=O)NCC#Cc1cc(Cl)nc(Cl)c1. The van der Waals surface area contributed by atoms with Crippen LogP contribution >= 0.6 is 23.2 Å². The van der Waals surface area contributed by atoms with Crippen molar-refractivity contribution in [3.05, 3.63) is 28.0 Å². The lowest BCUT2D eigenvalue weighted by atomic mass is 10.3. The molecule has 0 aliphatic heterocycles. The van der Waals surface area contributed by atoms with Crippen molar-refractivity contribution < 1.29 is 4.79 Å². The monoisotopic (exact) mass is 242 g/mol. The third-order valence-corrected chi connectivity index (χ3v) is 1.81. The molecule has 5 heteroatoms. The number of aromatic nitrogens is 1. The van der Waals surface area contributed by atoms with Gasteiger partial charge in [0.1, 0.15) is 10.3 Å². The normalized spacial score (nSPS) is 9.00. The molecule has 0 atom stereocenters. The largest absolute Gasteiger partial charge is 0.345 e. The highest BCUT2D eigenvalue weighted by atomic mass is 35.5. The fourth-order valence-electron chi connectivity index (χ4n) is 0.852. The van der Waals surface area contributed by atoms with E-state index in [0.717, 1.165) is 0 Å². The van der Waals surface area contributed by atoms with Crippen LogP contribution < -0.4 is 5.32 Å². The van der Waals surface area contributed by atoms with Gasteiger partial charge in [-0.2, -0.15) is 0 Å². The highest BCUT2D eigenvalue weighted by molar-refractivity contribution is 6.32. The van der Waals surface area contributed by atoms with Crippen LogP contribution in [0.5, 0.6) is 0 Å². The molecule has 1 amide bonds. The van der Waals surface area contributed by atoms with E-state index in [-0.39, 0.29) is 5.91 Å². The Hall–Kier alpha value is -1.24. The van der Waals surface area contributed by atoms with Gasteiger partial charge in [0.15, 0.2) is 0 Å². The number of nitrogens with one attached hydrogen (secondary N) is 1. The van der Waals surface area contributed by atoms with Gasteiger partial charge in [0.25, 0.3) is 0 Å². The molecule has 0 aromatic carbocycles. The minimum atomic E-state index is -0.116. The van der Waals surface area contributed by atoms with Gasteiger partial charge in [-0.15, -0.1) is 0 Å². The predicted molar refractivity (Wildman–Crippen MR) is 59.8 cm³/mol. The summed E-state index contributed by atoms with van der Waals surface area (Å²) < 4.78 is 0. The maximum Gasteiger partial charge on any atom is 0.217 e. The zero-order chi connectivity index (χ0) is 11.3. The summed E-state index contributed by atoms with van der Waals surface area (Å²) in [6, 6.07) is 3.21. The van der Waals surface area contributed by atoms with Gasteiger partial charge in [-0.3, -0.25) is 4.79 Å². The minimum Gasteiger partial charge on any atom is -0.345 e. The van der Waals surface area contributed by atoms with Gasteiger partial charge in [0.2, 0.25) is 5.91 Å². The van der Waals surface area contributed by atoms with E-state index in [1.165, 1.54) is 6.92 Å². The molecule has 3 nitrogen and oxygen atoms in total. The summed E-state index contributed by atoms with van der Waals surface area (Å²) in [5.41, 5.74) is 0.672. The lowest BCUT2D eigenvalue weighted by molar-refractivity contribution is -0.118. The van der Waals surface area contributed by atoms with Crippen molar-refractivity contribution in [2.24, 2.45) is 0 Å². The lowest BCUT2D eigenvalue weighted by Crippen LogP contribution is -2.19. The van der Waals surface area contributed by atoms with Crippen molar-refractivity contribution >= 4 is 29.1 Å². The Morgan fingerprint density at radius 2 is 2.07 bits per heavy atom. The number of halogens is 2. The van der Waals surface area contributed by atoms with E-state index in [1.54, 1.807) is 12.1 Å². The zero-order valence-corrected chi connectivity index (χ0v) is 9.49. The Balaban J connectivity index is 2.67. The molecule has 1 rings (SSSR count). The number of nitrogens with zero attached hydrogens (tertiary/aromatic N) is 1. The zero-order valence-electron chi connectivity index (χ0n) is 7.97. The molecule has 0 spiro atoms. The molecule has 0 fully saturated rings. The second-order valence-electron chi connectivity index (χ2n) is 2.71. The van der Waals surface area contributed by atoms with Crippen molar-refractivity contribution in [2.45, 2.75) is 6.92 Å². The second kappa shape index (κ2) is 5.59. The van der Waals surface area contributed by atoms with Gasteiger partial charge in [-0.1, -0.05) is 35.0 Å². The van der Waals surface area contributed by atoms with Crippen LogP contribution in [0.15, 0.2) is 12.1 Å². The summed E-state index contributed by atoms with van der Waals surface area (Å²) in [5.74, 6) is 5.45. The standard InChI is InChI=1S/C10H8Cl2N2O/c1-7(15)13-4-2-3-8-5-9(11)14-10(12)6-8/h5-6H,4H2,1H3,(H,13,15). The van der Waals surface area contributed by atoms with Gasteiger partial charge in [0, 0.05) is 12.5 Å². The topological polar surface area (TPSA) is 42.0 Å². The number of carbonyl (C=O) groups is 1. The summed E-state index contributed by atoms with van der Waals surface area (Å²) in [6.07, 6.45) is 0. The van der Waals surface area contributed by atoms with Gasteiger partial charge in [-0.25, -0.2) is 4.98 Å². The molecule has 0 saturated carbocycles. The second-order valence-corrected chi connectivity index (χ2v) is 3.49. The summed E-state index contributed by atoms with van der Waals surface area (Å²) in [7, 11) is 0. The first-order valence-electron chi connectivity index (χ1n) is 4.14. The third-order valence-electron chi connectivity index (χ3n) is 1.42. The molecule has 0 unspecified atom stereocenters. The first-order chi connectivity index (χ1) is 7.08. The highest BCUT2D eigenvalue weighted by Crippen LogP contribution is 2.13. The van der Waals surface area contributed by atoms with Crippen molar-refractivity contribution in [2.75, 3.05) is 6.54 Å². The number of hydrogen-bond acceptors (Lipinski definition) is 2. The van der Waals surface area contributed by atoms with Gasteiger partial charge >= 0.3 is 0 Å². The van der Waals surface area contributed by atoms with Crippen molar-refractivity contribution in [3.63, 3.8) is 0 Å². The number of rotatable bonds is 1. The van der Waals surface area contributed by atoms with E-state index >= 15 is 0 Å². The van der Waals surface area contributed by atoms with Crippen LogP contribution in [-0.2, 0) is 4.79 Å². The average Bonchev–Trinajstić information content (AvgIpc) is 2.10. The molecule has 1 aromatic rings. The smallest absolute Gasteiger partial charge is 0.217 e. The molecule has 78 valence electrons. The molecule has 0 saturated heterocycles. The Morgan fingerprint density at radius 3 is 2.60 bits per heavy atom. The van der Waals surface area contributed by atoms with Gasteiger partial charge in [-0.05, 0) is 12.1 Å². The first kappa shape index (κ1) is 11.8. The Morgan fingerprint density at radius 1 is 1.47 bits per heavy atom. The van der Waals surface area contributed by atoms with E-state index in [1.807, 2.05) is 0 Å². The highest BCUT2D eigenvalue weighted by Gasteiger charge is 1.95. The van der Waals surface area contributed by atoms with Crippen LogP contribution in [-0.4, -0.2) is 17.4 Å². The molecular weight excluding hydrogens is 235 g/mol. The van der Waals surface area contributed by atoms with Crippen molar-refractivity contribution in [1.29, 1.82) is 0 Å². The van der Waals surface area contributed by atoms with Gasteiger partial charge in [0.05, 0.1) is 6.54 Å². The summed E-state index contributed by atoms with van der Waals surface area (Å²) in [6.45, 7) is 1.73. The van der Waals surface area contributed by atoms with E-state index in [0.29, 0.717) is 22.4 Å². The lowest BCUT2D eigenvalue weighted by Gasteiger charge is -1.94. The van der Waals surface area contributed by atoms with E-state index in [2.05, 4.69) is 22.1 Å². The summed E-state index contributed by atoms with van der Waals surface area (Å²) >= 11 is 11.4. The summed E-state index contributed by atoms with van der Waals surface area (Å²) in [5, 5.41) is 3.15. The van der Waals surface area contributed by atoms with Gasteiger partial charge < -0.3 is 5.32 Å². The summed E-state index contributed by atoms with van der Waals surface area (Å²) in [4.78, 5) is 14.3. The van der Waals surface area contributed by atoms with E-state index in [4.69, 9.17) is 23.2 Å². The Labute approximate surface area is 97.8 Å². The molecule has 0 aliphatic carbocycles. The average molecular weight is 243 g/mol. The van der Waals surface area contributed by atoms with Crippen LogP contribution in [0.2, 0.25) is 10.3 Å². The maximum atomic E-state index is 10.5. The molecule has 15 heavy (non-hydrogen) atoms. The molecule has 1 N–H and O–H groups in total. The van der Waals surface area contributed by atoms with E-state index in [9.17, 15) is 4.79 Å². The minimum absolute atomic E-state index is 0.116. The Kier molecular flexibility index (Phi) is 4.41. The number of carbonyl (C=O) groups excluding carboxylic acids is 1. The van der Waals surface area contributed by atoms with Crippen LogP contribution in [0.3, 0.4) is 0 Å². The Bertz CT molecular complexity index is 415. The van der Waals surface area contributed by atoms with Crippen molar-refractivity contribution in [1.82, 2.24) is 10.3 Å².